The van der Waals surface area contributed by atoms with Gasteiger partial charge in [-0.25, -0.2) is 0 Å². The van der Waals surface area contributed by atoms with Crippen LogP contribution in [0.15, 0.2) is 127 Å². The summed E-state index contributed by atoms with van der Waals surface area (Å²) in [4.78, 5) is 2.58. The highest BCUT2D eigenvalue weighted by atomic mass is 32.1. The first-order chi connectivity index (χ1) is 23.5. The minimum absolute atomic E-state index is 0.0655. The van der Waals surface area contributed by atoms with Gasteiger partial charge in [-0.3, -0.25) is 0 Å². The lowest BCUT2D eigenvalue weighted by molar-refractivity contribution is 0.327. The molecule has 1 heterocycles. The lowest BCUT2D eigenvalue weighted by Crippen LogP contribution is -2.32. The van der Waals surface area contributed by atoms with E-state index in [1.54, 1.807) is 11.1 Å². The largest absolute Gasteiger partial charge is 0.309 e. The minimum atomic E-state index is -0.0655. The van der Waals surface area contributed by atoms with Gasteiger partial charge in [0.15, 0.2) is 0 Å². The third-order valence-corrected chi connectivity index (χ3v) is 13.9. The van der Waals surface area contributed by atoms with Crippen molar-refractivity contribution in [3.05, 3.63) is 150 Å². The van der Waals surface area contributed by atoms with Crippen molar-refractivity contribution in [2.75, 3.05) is 4.90 Å². The van der Waals surface area contributed by atoms with Crippen molar-refractivity contribution in [3.8, 4) is 22.3 Å². The van der Waals surface area contributed by atoms with E-state index in [1.165, 1.54) is 96.3 Å². The zero-order valence-corrected chi connectivity index (χ0v) is 28.3. The van der Waals surface area contributed by atoms with E-state index in [4.69, 9.17) is 0 Å². The van der Waals surface area contributed by atoms with Gasteiger partial charge in [0, 0.05) is 37.7 Å². The molecule has 6 aromatic carbocycles. The van der Waals surface area contributed by atoms with Crippen molar-refractivity contribution >= 4 is 48.6 Å². The van der Waals surface area contributed by atoms with Crippen LogP contribution < -0.4 is 4.90 Å². The Morgan fingerprint density at radius 3 is 2.00 bits per heavy atom. The van der Waals surface area contributed by atoms with E-state index >= 15 is 0 Å². The third-order valence-electron chi connectivity index (χ3n) is 12.7. The number of nitrogens with zero attached hydrogens (tertiary/aromatic N) is 1. The molecule has 0 aliphatic heterocycles. The minimum Gasteiger partial charge on any atom is -0.309 e. The van der Waals surface area contributed by atoms with E-state index in [2.05, 4.69) is 146 Å². The highest BCUT2D eigenvalue weighted by Crippen LogP contribution is 2.66. The van der Waals surface area contributed by atoms with Crippen molar-refractivity contribution in [2.45, 2.75) is 50.4 Å². The number of thiophene rings is 1. The molecule has 0 amide bonds. The van der Waals surface area contributed by atoms with Crippen molar-refractivity contribution in [1.82, 2.24) is 0 Å². The molecular weight excluding hydrogens is 599 g/mol. The van der Waals surface area contributed by atoms with Crippen LogP contribution >= 0.6 is 11.3 Å². The molecule has 0 unspecified atom stereocenters. The average molecular weight is 636 g/mol. The maximum absolute atomic E-state index is 2.61. The van der Waals surface area contributed by atoms with Crippen LogP contribution in [0.3, 0.4) is 0 Å². The zero-order valence-electron chi connectivity index (χ0n) is 27.5. The number of benzene rings is 6. The molecule has 48 heavy (non-hydrogen) atoms. The van der Waals surface area contributed by atoms with E-state index in [1.807, 2.05) is 11.3 Å². The molecule has 1 spiro atoms. The lowest BCUT2D eigenvalue weighted by Gasteiger charge is -2.37. The standard InChI is InChI=1S/C46H37NS/c1-45(2)38-14-6-3-10-32(38)34-22-20-30(25-40(34)45)47(42-16-9-13-37-36-12-5-8-17-43(36)48-44(37)42)31-21-23-35-33-11-4-7-15-39(33)46(41(35)26-31)27-28-18-19-29(46)24-28/h3-17,20-23,25-26,28-29H,18-19,24,27H2,1-2H3/t28-,29+,46+/m0/s1. The van der Waals surface area contributed by atoms with Crippen LogP contribution in [-0.2, 0) is 10.8 Å². The van der Waals surface area contributed by atoms with Gasteiger partial charge in [0.2, 0.25) is 0 Å². The highest BCUT2D eigenvalue weighted by Gasteiger charge is 2.56. The zero-order chi connectivity index (χ0) is 31.8. The van der Waals surface area contributed by atoms with Crippen molar-refractivity contribution in [3.63, 3.8) is 0 Å². The molecule has 7 aromatic rings. The van der Waals surface area contributed by atoms with Gasteiger partial charge in [-0.15, -0.1) is 11.3 Å². The summed E-state index contributed by atoms with van der Waals surface area (Å²) >= 11 is 1.92. The first-order valence-corrected chi connectivity index (χ1v) is 18.5. The van der Waals surface area contributed by atoms with Crippen LogP contribution in [0.2, 0.25) is 0 Å². The number of fused-ring (bicyclic) bond motifs is 14. The van der Waals surface area contributed by atoms with E-state index in [0.717, 1.165) is 11.8 Å². The Kier molecular flexibility index (Phi) is 5.40. The molecule has 3 atom stereocenters. The molecule has 0 N–H and O–H groups in total. The molecule has 4 aliphatic carbocycles. The first-order valence-electron chi connectivity index (χ1n) is 17.7. The number of hydrogen-bond acceptors (Lipinski definition) is 2. The van der Waals surface area contributed by atoms with Crippen molar-refractivity contribution < 1.29 is 0 Å². The fraction of sp³-hybridized carbons (Fsp3) is 0.217. The molecule has 1 nitrogen and oxygen atoms in total. The van der Waals surface area contributed by atoms with E-state index in [9.17, 15) is 0 Å². The SMILES string of the molecule is CC1(C)c2ccccc2-c2ccc(N(c3ccc4c(c3)[C@@]3(C[C@H]5CC[C@@H]3C5)c3ccccc3-4)c3cccc4c3sc3ccccc34)cc21. The van der Waals surface area contributed by atoms with Crippen molar-refractivity contribution in [1.29, 1.82) is 0 Å². The fourth-order valence-electron chi connectivity index (χ4n) is 10.7. The quantitative estimate of drug-likeness (QED) is 0.187. The topological polar surface area (TPSA) is 3.24 Å². The lowest BCUT2D eigenvalue weighted by atomic mass is 9.67. The van der Waals surface area contributed by atoms with Gasteiger partial charge in [-0.05, 0) is 112 Å². The van der Waals surface area contributed by atoms with Gasteiger partial charge in [0.05, 0.1) is 10.4 Å². The summed E-state index contributed by atoms with van der Waals surface area (Å²) in [6.45, 7) is 4.79. The van der Waals surface area contributed by atoms with Gasteiger partial charge in [-0.2, -0.15) is 0 Å². The number of rotatable bonds is 3. The summed E-state index contributed by atoms with van der Waals surface area (Å²) in [6.07, 6.45) is 5.43. The molecule has 0 saturated heterocycles. The molecule has 2 fully saturated rings. The number of hydrogen-bond donors (Lipinski definition) is 0. The van der Waals surface area contributed by atoms with E-state index < -0.39 is 0 Å². The van der Waals surface area contributed by atoms with Crippen LogP contribution in [0.25, 0.3) is 42.4 Å². The molecule has 11 rings (SSSR count). The molecular formula is C46H37NS. The van der Waals surface area contributed by atoms with Crippen molar-refractivity contribution in [2.24, 2.45) is 11.8 Å². The predicted octanol–water partition coefficient (Wildman–Crippen LogP) is 12.9. The van der Waals surface area contributed by atoms with Crippen LogP contribution in [-0.4, -0.2) is 0 Å². The van der Waals surface area contributed by atoms with Gasteiger partial charge in [0.1, 0.15) is 0 Å². The fourth-order valence-corrected chi connectivity index (χ4v) is 11.9. The molecule has 4 aliphatic rings. The summed E-state index contributed by atoms with van der Waals surface area (Å²) in [5, 5.41) is 2.68. The van der Waals surface area contributed by atoms with E-state index in [-0.39, 0.29) is 10.8 Å². The Balaban J connectivity index is 1.17. The van der Waals surface area contributed by atoms with E-state index in [0.29, 0.717) is 0 Å². The number of anilines is 3. The monoisotopic (exact) mass is 635 g/mol. The van der Waals surface area contributed by atoms with Crippen LogP contribution in [0.4, 0.5) is 17.1 Å². The summed E-state index contributed by atoms with van der Waals surface area (Å²) in [5.74, 6) is 1.58. The second-order valence-electron chi connectivity index (χ2n) is 15.3. The Hall–Kier alpha value is -4.66. The Morgan fingerprint density at radius 2 is 1.23 bits per heavy atom. The van der Waals surface area contributed by atoms with Gasteiger partial charge in [0.25, 0.3) is 0 Å². The van der Waals surface area contributed by atoms with Crippen LogP contribution in [0, 0.1) is 11.8 Å². The molecule has 2 saturated carbocycles. The smallest absolute Gasteiger partial charge is 0.0640 e. The highest BCUT2D eigenvalue weighted by molar-refractivity contribution is 7.26. The molecule has 232 valence electrons. The Bertz CT molecular complexity index is 2480. The normalized spacial score (nSPS) is 22.3. The molecule has 1 aromatic heterocycles. The average Bonchev–Trinajstić information content (AvgIpc) is 3.93. The molecule has 2 heteroatoms. The maximum Gasteiger partial charge on any atom is 0.0640 e. The summed E-state index contributed by atoms with van der Waals surface area (Å²) in [5.41, 5.74) is 15.5. The summed E-state index contributed by atoms with van der Waals surface area (Å²) < 4.78 is 2.69. The maximum atomic E-state index is 2.61. The molecule has 2 bridgehead atoms. The van der Waals surface area contributed by atoms with Gasteiger partial charge >= 0.3 is 0 Å². The Morgan fingerprint density at radius 1 is 0.583 bits per heavy atom. The second-order valence-corrected chi connectivity index (χ2v) is 16.4. The summed E-state index contributed by atoms with van der Waals surface area (Å²) in [6, 6.07) is 48.9. The second kappa shape index (κ2) is 9.49. The first kappa shape index (κ1) is 27.3. The Labute approximate surface area is 286 Å². The van der Waals surface area contributed by atoms with Gasteiger partial charge < -0.3 is 4.90 Å². The van der Waals surface area contributed by atoms with Gasteiger partial charge in [-0.1, -0.05) is 111 Å². The van der Waals surface area contributed by atoms with Crippen LogP contribution in [0.5, 0.6) is 0 Å². The molecule has 0 radical (unpaired) electrons. The van der Waals surface area contributed by atoms with Crippen LogP contribution in [0.1, 0.15) is 61.8 Å². The predicted molar refractivity (Wildman–Crippen MR) is 203 cm³/mol. The summed E-state index contributed by atoms with van der Waals surface area (Å²) in [7, 11) is 0. The third kappa shape index (κ3) is 3.42.